The minimum Gasteiger partial charge on any atom is -0.460 e. The number of hydrogen-bond acceptors (Lipinski definition) is 5. The Morgan fingerprint density at radius 1 is 1.31 bits per heavy atom. The molecule has 29 heavy (non-hydrogen) atoms. The molecule has 0 aliphatic heterocycles. The molecule has 1 aromatic carbocycles. The van der Waals surface area contributed by atoms with Gasteiger partial charge in [-0.3, -0.25) is 4.79 Å². The van der Waals surface area contributed by atoms with Crippen molar-refractivity contribution in [3.05, 3.63) is 42.5 Å². The molecule has 0 fully saturated rings. The van der Waals surface area contributed by atoms with Crippen molar-refractivity contribution in [1.82, 2.24) is 9.99 Å². The Labute approximate surface area is 181 Å². The molecular weight excluding hydrogens is 438 g/mol. The van der Waals surface area contributed by atoms with Gasteiger partial charge < -0.3 is 14.6 Å². The Balaban J connectivity index is 2.85. The number of esters is 1. The summed E-state index contributed by atoms with van der Waals surface area (Å²) in [6.45, 7) is 4.09. The SMILES string of the molecule is C=CCOC(=O)C(Cc1ccc(OP(=O)(Cl)N(CCC)CCCl)cc1)NC(C)=O. The summed E-state index contributed by atoms with van der Waals surface area (Å²) in [6.07, 6.45) is 2.43. The number of nitrogens with one attached hydrogen (secondary N) is 1. The van der Waals surface area contributed by atoms with Crippen molar-refractivity contribution in [3.63, 3.8) is 0 Å². The number of benzene rings is 1. The average molecular weight is 465 g/mol. The van der Waals surface area contributed by atoms with Crippen LogP contribution in [0.5, 0.6) is 5.75 Å². The number of rotatable bonds is 13. The fourth-order valence-corrected chi connectivity index (χ4v) is 4.79. The lowest BCUT2D eigenvalue weighted by atomic mass is 10.1. The molecule has 1 aromatic rings. The molecular formula is C19H27Cl2N2O5P. The number of hydrogen-bond donors (Lipinski definition) is 1. The summed E-state index contributed by atoms with van der Waals surface area (Å²) in [4.78, 5) is 23.5. The maximum absolute atomic E-state index is 12.7. The molecule has 162 valence electrons. The number of halogens is 2. The van der Waals surface area contributed by atoms with Gasteiger partial charge in [0.1, 0.15) is 18.4 Å². The molecule has 1 N–H and O–H groups in total. The van der Waals surface area contributed by atoms with E-state index in [0.717, 1.165) is 12.0 Å². The first-order valence-corrected chi connectivity index (χ1v) is 12.2. The molecule has 0 radical (unpaired) electrons. The van der Waals surface area contributed by atoms with Crippen LogP contribution in [0.4, 0.5) is 0 Å². The van der Waals surface area contributed by atoms with Crippen molar-refractivity contribution >= 4 is 41.6 Å². The molecule has 0 aliphatic carbocycles. The Hall–Kier alpha value is -1.53. The van der Waals surface area contributed by atoms with Gasteiger partial charge in [0.25, 0.3) is 0 Å². The smallest absolute Gasteiger partial charge is 0.411 e. The molecule has 1 amide bonds. The topological polar surface area (TPSA) is 84.9 Å². The molecule has 0 saturated heterocycles. The second-order valence-electron chi connectivity index (χ2n) is 6.21. The molecule has 2 atom stereocenters. The van der Waals surface area contributed by atoms with Crippen molar-refractivity contribution in [2.45, 2.75) is 32.7 Å². The van der Waals surface area contributed by atoms with E-state index in [1.54, 1.807) is 24.3 Å². The number of nitrogens with zero attached hydrogens (tertiary/aromatic N) is 1. The standard InChI is InChI=1S/C19H27Cl2N2O5P/c1-4-11-23(12-10-20)29(21,26)28-17-8-6-16(7-9-17)14-18(22-15(3)24)19(25)27-13-5-2/h5-9,18H,2,4,10-14H2,1,3H3,(H,22,24). The van der Waals surface area contributed by atoms with Crippen molar-refractivity contribution in [3.8, 4) is 5.75 Å². The van der Waals surface area contributed by atoms with Gasteiger partial charge in [-0.05, 0) is 24.1 Å². The van der Waals surface area contributed by atoms with Crippen LogP contribution in [-0.2, 0) is 25.3 Å². The van der Waals surface area contributed by atoms with E-state index < -0.39 is 18.9 Å². The fraction of sp³-hybridized carbons (Fsp3) is 0.474. The molecule has 0 heterocycles. The van der Waals surface area contributed by atoms with E-state index in [9.17, 15) is 14.2 Å². The zero-order valence-corrected chi connectivity index (χ0v) is 19.0. The van der Waals surface area contributed by atoms with Crippen LogP contribution in [0.25, 0.3) is 0 Å². The number of amides is 1. The number of carbonyl (C=O) groups is 2. The molecule has 0 saturated carbocycles. The fourth-order valence-electron chi connectivity index (χ4n) is 2.50. The van der Waals surface area contributed by atoms with Gasteiger partial charge in [0.05, 0.1) is 0 Å². The lowest BCUT2D eigenvalue weighted by Crippen LogP contribution is -2.42. The minimum absolute atomic E-state index is 0.0588. The monoisotopic (exact) mass is 464 g/mol. The molecule has 2 unspecified atom stereocenters. The van der Waals surface area contributed by atoms with Crippen LogP contribution in [0.2, 0.25) is 0 Å². The van der Waals surface area contributed by atoms with Crippen LogP contribution in [-0.4, -0.2) is 48.2 Å². The highest BCUT2D eigenvalue weighted by molar-refractivity contribution is 7.83. The van der Waals surface area contributed by atoms with Gasteiger partial charge in [-0.2, -0.15) is 0 Å². The normalized spacial score (nSPS) is 14.0. The van der Waals surface area contributed by atoms with Crippen LogP contribution >= 0.6 is 29.7 Å². The summed E-state index contributed by atoms with van der Waals surface area (Å²) in [5.41, 5.74) is 0.752. The van der Waals surface area contributed by atoms with Gasteiger partial charge in [-0.15, -0.1) is 11.6 Å². The molecule has 0 aromatic heterocycles. The van der Waals surface area contributed by atoms with Gasteiger partial charge in [-0.1, -0.05) is 31.7 Å². The van der Waals surface area contributed by atoms with Crippen LogP contribution < -0.4 is 9.84 Å². The van der Waals surface area contributed by atoms with Crippen molar-refractivity contribution in [2.24, 2.45) is 0 Å². The third-order valence-electron chi connectivity index (χ3n) is 3.75. The van der Waals surface area contributed by atoms with E-state index in [4.69, 9.17) is 32.1 Å². The summed E-state index contributed by atoms with van der Waals surface area (Å²) in [5.74, 6) is -0.287. The first-order chi connectivity index (χ1) is 13.7. The molecule has 1 rings (SSSR count). The predicted octanol–water partition coefficient (Wildman–Crippen LogP) is 4.14. The summed E-state index contributed by atoms with van der Waals surface area (Å²) in [7, 11) is 0. The Morgan fingerprint density at radius 3 is 2.48 bits per heavy atom. The van der Waals surface area contributed by atoms with Crippen LogP contribution in [0.1, 0.15) is 25.8 Å². The average Bonchev–Trinajstić information content (AvgIpc) is 2.66. The van der Waals surface area contributed by atoms with Crippen LogP contribution in [0, 0.1) is 0 Å². The van der Waals surface area contributed by atoms with Gasteiger partial charge >= 0.3 is 12.8 Å². The largest absolute Gasteiger partial charge is 0.460 e. The van der Waals surface area contributed by atoms with E-state index in [2.05, 4.69) is 11.9 Å². The minimum atomic E-state index is -3.57. The van der Waals surface area contributed by atoms with Crippen molar-refractivity contribution in [2.75, 3.05) is 25.6 Å². The zero-order chi connectivity index (χ0) is 21.9. The van der Waals surface area contributed by atoms with Gasteiger partial charge in [-0.25, -0.2) is 14.0 Å². The van der Waals surface area contributed by atoms with E-state index >= 15 is 0 Å². The van der Waals surface area contributed by atoms with E-state index in [0.29, 0.717) is 18.8 Å². The maximum atomic E-state index is 12.7. The highest BCUT2D eigenvalue weighted by atomic mass is 35.7. The molecule has 0 aliphatic rings. The number of alkyl halides is 1. The van der Waals surface area contributed by atoms with Gasteiger partial charge in [0, 0.05) is 43.6 Å². The van der Waals surface area contributed by atoms with Gasteiger partial charge in [0.2, 0.25) is 5.91 Å². The highest BCUT2D eigenvalue weighted by Gasteiger charge is 2.30. The van der Waals surface area contributed by atoms with E-state index in [-0.39, 0.29) is 24.8 Å². The molecule has 0 bridgehead atoms. The van der Waals surface area contributed by atoms with Gasteiger partial charge in [0.15, 0.2) is 0 Å². The summed E-state index contributed by atoms with van der Waals surface area (Å²) in [5, 5.41) is 2.57. The molecule has 7 nitrogen and oxygen atoms in total. The zero-order valence-electron chi connectivity index (χ0n) is 16.6. The first kappa shape index (κ1) is 25.5. The second-order valence-corrected chi connectivity index (χ2v) is 9.52. The van der Waals surface area contributed by atoms with Crippen LogP contribution in [0.15, 0.2) is 36.9 Å². The van der Waals surface area contributed by atoms with Crippen molar-refractivity contribution < 1.29 is 23.4 Å². The molecule has 10 heteroatoms. The highest BCUT2D eigenvalue weighted by Crippen LogP contribution is 2.55. The lowest BCUT2D eigenvalue weighted by Gasteiger charge is -2.25. The summed E-state index contributed by atoms with van der Waals surface area (Å²) >= 11 is 11.9. The molecule has 0 spiro atoms. The van der Waals surface area contributed by atoms with Crippen molar-refractivity contribution in [1.29, 1.82) is 0 Å². The maximum Gasteiger partial charge on any atom is 0.411 e. The Kier molecular flexibility index (Phi) is 11.4. The summed E-state index contributed by atoms with van der Waals surface area (Å²) in [6, 6.07) is 5.78. The quantitative estimate of drug-likeness (QED) is 0.204. The third kappa shape index (κ3) is 9.22. The second kappa shape index (κ2) is 12.9. The Bertz CT molecular complexity index is 724. The summed E-state index contributed by atoms with van der Waals surface area (Å²) < 4.78 is 24.8. The predicted molar refractivity (Wildman–Crippen MR) is 116 cm³/mol. The van der Waals surface area contributed by atoms with Crippen LogP contribution in [0.3, 0.4) is 0 Å². The van der Waals surface area contributed by atoms with E-state index in [1.165, 1.54) is 17.7 Å². The number of carbonyl (C=O) groups excluding carboxylic acids is 2. The first-order valence-electron chi connectivity index (χ1n) is 9.17. The third-order valence-corrected chi connectivity index (χ3v) is 6.28. The lowest BCUT2D eigenvalue weighted by molar-refractivity contribution is -0.146. The van der Waals surface area contributed by atoms with E-state index in [1.807, 2.05) is 6.92 Å². The number of ether oxygens (including phenoxy) is 1. The Morgan fingerprint density at radius 2 is 1.97 bits per heavy atom.